The van der Waals surface area contributed by atoms with E-state index in [1.54, 1.807) is 12.3 Å². The van der Waals surface area contributed by atoms with Crippen molar-refractivity contribution in [2.75, 3.05) is 18.6 Å². The van der Waals surface area contributed by atoms with Crippen molar-refractivity contribution in [3.05, 3.63) is 18.0 Å². The highest BCUT2D eigenvalue weighted by atomic mass is 16.5. The van der Waals surface area contributed by atoms with E-state index in [-0.39, 0.29) is 0 Å². The number of piperidine rings is 1. The van der Waals surface area contributed by atoms with E-state index in [9.17, 15) is 4.79 Å². The number of anilines is 1. The fraction of sp³-hybridized carbons (Fsp3) is 0.615. The van der Waals surface area contributed by atoms with Gasteiger partial charge in [-0.1, -0.05) is 6.92 Å². The van der Waals surface area contributed by atoms with Crippen LogP contribution in [0.25, 0.3) is 0 Å². The smallest absolute Gasteiger partial charge is 0.356 e. The van der Waals surface area contributed by atoms with E-state index in [1.807, 2.05) is 0 Å². The average Bonchev–Trinajstić information content (AvgIpc) is 2.46. The molecular weight excluding hydrogens is 230 g/mol. The van der Waals surface area contributed by atoms with Crippen LogP contribution in [0.2, 0.25) is 0 Å². The molecule has 1 aromatic heterocycles. The summed E-state index contributed by atoms with van der Waals surface area (Å²) < 4.78 is 4.68. The SMILES string of the molecule is CCC1CCCCN1c1nccc(C(=O)OC)n1. The number of ether oxygens (including phenoxy) is 1. The molecule has 0 aromatic carbocycles. The Labute approximate surface area is 107 Å². The van der Waals surface area contributed by atoms with E-state index in [2.05, 4.69) is 26.5 Å². The van der Waals surface area contributed by atoms with Crippen LogP contribution in [0.3, 0.4) is 0 Å². The van der Waals surface area contributed by atoms with Gasteiger partial charge in [-0.25, -0.2) is 14.8 Å². The molecule has 1 aromatic rings. The van der Waals surface area contributed by atoms with Crippen molar-refractivity contribution < 1.29 is 9.53 Å². The lowest BCUT2D eigenvalue weighted by Gasteiger charge is -2.35. The molecule has 1 aliphatic rings. The quantitative estimate of drug-likeness (QED) is 0.767. The van der Waals surface area contributed by atoms with Gasteiger partial charge in [-0.2, -0.15) is 0 Å². The molecule has 5 heteroatoms. The molecule has 0 aliphatic carbocycles. The van der Waals surface area contributed by atoms with Crippen LogP contribution >= 0.6 is 0 Å². The Bertz CT molecular complexity index is 422. The first-order valence-electron chi connectivity index (χ1n) is 6.44. The molecule has 0 radical (unpaired) electrons. The number of hydrogen-bond donors (Lipinski definition) is 0. The van der Waals surface area contributed by atoms with E-state index in [4.69, 9.17) is 0 Å². The molecule has 0 saturated carbocycles. The molecule has 0 bridgehead atoms. The zero-order valence-electron chi connectivity index (χ0n) is 10.9. The van der Waals surface area contributed by atoms with E-state index in [0.717, 1.165) is 19.4 Å². The van der Waals surface area contributed by atoms with Gasteiger partial charge in [-0.05, 0) is 31.7 Å². The topological polar surface area (TPSA) is 55.3 Å². The van der Waals surface area contributed by atoms with Gasteiger partial charge < -0.3 is 9.64 Å². The molecule has 1 fully saturated rings. The van der Waals surface area contributed by atoms with Gasteiger partial charge in [0.1, 0.15) is 0 Å². The summed E-state index contributed by atoms with van der Waals surface area (Å²) in [6.45, 7) is 3.14. The fourth-order valence-corrected chi connectivity index (χ4v) is 2.39. The lowest BCUT2D eigenvalue weighted by Crippen LogP contribution is -2.40. The molecule has 0 spiro atoms. The van der Waals surface area contributed by atoms with Crippen molar-refractivity contribution in [3.63, 3.8) is 0 Å². The van der Waals surface area contributed by atoms with Crippen LogP contribution in [0.4, 0.5) is 5.95 Å². The number of nitrogens with zero attached hydrogens (tertiary/aromatic N) is 3. The van der Waals surface area contributed by atoms with Crippen LogP contribution in [-0.4, -0.2) is 35.6 Å². The van der Waals surface area contributed by atoms with Crippen molar-refractivity contribution >= 4 is 11.9 Å². The molecule has 18 heavy (non-hydrogen) atoms. The van der Waals surface area contributed by atoms with Crippen LogP contribution in [0.15, 0.2) is 12.3 Å². The number of hydrogen-bond acceptors (Lipinski definition) is 5. The number of carbonyl (C=O) groups excluding carboxylic acids is 1. The Balaban J connectivity index is 2.23. The molecular formula is C13H19N3O2. The van der Waals surface area contributed by atoms with Gasteiger partial charge in [0.05, 0.1) is 7.11 Å². The Hall–Kier alpha value is -1.65. The number of methoxy groups -OCH3 is 1. The van der Waals surface area contributed by atoms with Crippen molar-refractivity contribution in [1.29, 1.82) is 0 Å². The minimum absolute atomic E-state index is 0.322. The number of rotatable bonds is 3. The molecule has 1 atom stereocenters. The van der Waals surface area contributed by atoms with E-state index in [0.29, 0.717) is 17.7 Å². The first kappa shape index (κ1) is 12.8. The van der Waals surface area contributed by atoms with E-state index < -0.39 is 5.97 Å². The zero-order valence-corrected chi connectivity index (χ0v) is 10.9. The lowest BCUT2D eigenvalue weighted by atomic mass is 10.0. The molecule has 0 N–H and O–H groups in total. The maximum Gasteiger partial charge on any atom is 0.356 e. The molecule has 1 aliphatic heterocycles. The van der Waals surface area contributed by atoms with Crippen molar-refractivity contribution in [2.24, 2.45) is 0 Å². The normalized spacial score (nSPS) is 19.7. The monoisotopic (exact) mass is 249 g/mol. The summed E-state index contributed by atoms with van der Waals surface area (Å²) >= 11 is 0. The average molecular weight is 249 g/mol. The van der Waals surface area contributed by atoms with Crippen LogP contribution < -0.4 is 4.90 Å². The van der Waals surface area contributed by atoms with E-state index in [1.165, 1.54) is 20.0 Å². The maximum absolute atomic E-state index is 11.5. The highest BCUT2D eigenvalue weighted by Gasteiger charge is 2.23. The first-order valence-corrected chi connectivity index (χ1v) is 6.44. The molecule has 1 unspecified atom stereocenters. The third-order valence-corrected chi connectivity index (χ3v) is 3.39. The van der Waals surface area contributed by atoms with Crippen LogP contribution in [0.5, 0.6) is 0 Å². The van der Waals surface area contributed by atoms with Crippen LogP contribution in [0.1, 0.15) is 43.1 Å². The summed E-state index contributed by atoms with van der Waals surface area (Å²) in [4.78, 5) is 22.3. The molecule has 5 nitrogen and oxygen atoms in total. The maximum atomic E-state index is 11.5. The van der Waals surface area contributed by atoms with Crippen molar-refractivity contribution in [1.82, 2.24) is 9.97 Å². The van der Waals surface area contributed by atoms with Crippen molar-refractivity contribution in [2.45, 2.75) is 38.6 Å². The molecule has 2 rings (SSSR count). The standard InChI is InChI=1S/C13H19N3O2/c1-3-10-6-4-5-9-16(10)13-14-8-7-11(15-13)12(17)18-2/h7-8,10H,3-6,9H2,1-2H3. The summed E-state index contributed by atoms with van der Waals surface area (Å²) in [5.41, 5.74) is 0.322. The fourth-order valence-electron chi connectivity index (χ4n) is 2.39. The third-order valence-electron chi connectivity index (χ3n) is 3.39. The van der Waals surface area contributed by atoms with Gasteiger partial charge in [0.15, 0.2) is 5.69 Å². The zero-order chi connectivity index (χ0) is 13.0. The summed E-state index contributed by atoms with van der Waals surface area (Å²) in [6.07, 6.45) is 6.28. The van der Waals surface area contributed by atoms with Gasteiger partial charge in [0, 0.05) is 18.8 Å². The predicted molar refractivity (Wildman–Crippen MR) is 68.6 cm³/mol. The van der Waals surface area contributed by atoms with Crippen LogP contribution in [0, 0.1) is 0 Å². The van der Waals surface area contributed by atoms with Gasteiger partial charge in [-0.3, -0.25) is 0 Å². The summed E-state index contributed by atoms with van der Waals surface area (Å²) in [6, 6.07) is 2.06. The highest BCUT2D eigenvalue weighted by Crippen LogP contribution is 2.23. The highest BCUT2D eigenvalue weighted by molar-refractivity contribution is 5.87. The van der Waals surface area contributed by atoms with Gasteiger partial charge in [-0.15, -0.1) is 0 Å². The summed E-state index contributed by atoms with van der Waals surface area (Å²) in [7, 11) is 1.36. The Morgan fingerprint density at radius 2 is 2.39 bits per heavy atom. The molecule has 2 heterocycles. The van der Waals surface area contributed by atoms with Crippen LogP contribution in [-0.2, 0) is 4.74 Å². The molecule has 1 saturated heterocycles. The number of aromatic nitrogens is 2. The minimum atomic E-state index is -0.413. The summed E-state index contributed by atoms with van der Waals surface area (Å²) in [5, 5.41) is 0. The number of carbonyl (C=O) groups is 1. The third kappa shape index (κ3) is 2.60. The lowest BCUT2D eigenvalue weighted by molar-refractivity contribution is 0.0594. The second-order valence-electron chi connectivity index (χ2n) is 4.48. The Morgan fingerprint density at radius 1 is 1.56 bits per heavy atom. The second kappa shape index (κ2) is 5.80. The van der Waals surface area contributed by atoms with Crippen molar-refractivity contribution in [3.8, 4) is 0 Å². The van der Waals surface area contributed by atoms with Gasteiger partial charge in [0.2, 0.25) is 5.95 Å². The Kier molecular flexibility index (Phi) is 4.12. The number of esters is 1. The molecule has 98 valence electrons. The molecule has 0 amide bonds. The minimum Gasteiger partial charge on any atom is -0.464 e. The van der Waals surface area contributed by atoms with E-state index >= 15 is 0 Å². The summed E-state index contributed by atoms with van der Waals surface area (Å²) in [5.74, 6) is 0.230. The predicted octanol–water partition coefficient (Wildman–Crippen LogP) is 2.03. The largest absolute Gasteiger partial charge is 0.464 e. The first-order chi connectivity index (χ1) is 8.76. The second-order valence-corrected chi connectivity index (χ2v) is 4.48. The van der Waals surface area contributed by atoms with Gasteiger partial charge in [0.25, 0.3) is 0 Å². The Morgan fingerprint density at radius 3 is 3.11 bits per heavy atom. The van der Waals surface area contributed by atoms with Gasteiger partial charge >= 0.3 is 5.97 Å².